The van der Waals surface area contributed by atoms with Gasteiger partial charge in [-0.05, 0) is 61.6 Å². The van der Waals surface area contributed by atoms with Gasteiger partial charge in [-0.15, -0.1) is 0 Å². The van der Waals surface area contributed by atoms with E-state index in [4.69, 9.17) is 0 Å². The second kappa shape index (κ2) is 6.98. The zero-order valence-electron chi connectivity index (χ0n) is 16.6. The summed E-state index contributed by atoms with van der Waals surface area (Å²) in [4.78, 5) is 38.7. The van der Waals surface area contributed by atoms with E-state index in [1.807, 2.05) is 25.1 Å². The standard InChI is InChI=1S/C21H29N3O3/c1-14-6-5-7-16(12-14)22-17(25)13-24-18(26)21(23-19(24)27)10-8-15(9-11-21)20(2,3)4/h5-7,12,15H,8-11,13H2,1-4H3,(H,22,25)(H,23,27). The average Bonchev–Trinajstić information content (AvgIpc) is 2.79. The summed E-state index contributed by atoms with van der Waals surface area (Å²) in [6.45, 7) is 8.32. The Hall–Kier alpha value is -2.37. The van der Waals surface area contributed by atoms with Crippen LogP contribution in [0.15, 0.2) is 24.3 Å². The van der Waals surface area contributed by atoms with Crippen molar-refractivity contribution in [2.75, 3.05) is 11.9 Å². The Kier molecular flexibility index (Phi) is 5.02. The first-order valence-electron chi connectivity index (χ1n) is 9.61. The number of rotatable bonds is 3. The summed E-state index contributed by atoms with van der Waals surface area (Å²) < 4.78 is 0. The van der Waals surface area contributed by atoms with Gasteiger partial charge >= 0.3 is 6.03 Å². The van der Waals surface area contributed by atoms with Gasteiger partial charge in [0.05, 0.1) is 0 Å². The van der Waals surface area contributed by atoms with E-state index in [2.05, 4.69) is 31.4 Å². The first-order valence-corrected chi connectivity index (χ1v) is 9.61. The summed E-state index contributed by atoms with van der Waals surface area (Å²) in [5, 5.41) is 5.63. The summed E-state index contributed by atoms with van der Waals surface area (Å²) >= 11 is 0. The Balaban J connectivity index is 1.64. The van der Waals surface area contributed by atoms with Crippen LogP contribution in [0.25, 0.3) is 0 Å². The highest BCUT2D eigenvalue weighted by Gasteiger charge is 2.53. The van der Waals surface area contributed by atoms with Crippen molar-refractivity contribution in [3.8, 4) is 0 Å². The molecule has 2 N–H and O–H groups in total. The van der Waals surface area contributed by atoms with Crippen LogP contribution in [0.2, 0.25) is 0 Å². The molecule has 0 bridgehead atoms. The molecule has 1 saturated carbocycles. The predicted molar refractivity (Wildman–Crippen MR) is 104 cm³/mol. The third kappa shape index (κ3) is 3.99. The summed E-state index contributed by atoms with van der Waals surface area (Å²) in [5.74, 6) is -0.102. The van der Waals surface area contributed by atoms with Gasteiger partial charge in [0, 0.05) is 5.69 Å². The second-order valence-electron chi connectivity index (χ2n) is 8.96. The Morgan fingerprint density at radius 2 is 1.93 bits per heavy atom. The molecule has 1 aromatic carbocycles. The van der Waals surface area contributed by atoms with Crippen LogP contribution in [0.4, 0.5) is 10.5 Å². The smallest absolute Gasteiger partial charge is 0.325 e. The van der Waals surface area contributed by atoms with Crippen LogP contribution in [0, 0.1) is 18.3 Å². The lowest BCUT2D eigenvalue weighted by Gasteiger charge is -2.40. The van der Waals surface area contributed by atoms with E-state index in [-0.39, 0.29) is 23.8 Å². The SMILES string of the molecule is Cc1cccc(NC(=O)CN2C(=O)NC3(CCC(C(C)(C)C)CC3)C2=O)c1. The lowest BCUT2D eigenvalue weighted by molar-refractivity contribution is -0.135. The number of hydrogen-bond acceptors (Lipinski definition) is 3. The minimum absolute atomic E-state index is 0.195. The maximum atomic E-state index is 13.0. The summed E-state index contributed by atoms with van der Waals surface area (Å²) in [6.07, 6.45) is 3.07. The average molecular weight is 371 g/mol. The van der Waals surface area contributed by atoms with Gasteiger partial charge in [0.25, 0.3) is 5.91 Å². The van der Waals surface area contributed by atoms with Crippen molar-refractivity contribution in [2.24, 2.45) is 11.3 Å². The molecule has 146 valence electrons. The maximum absolute atomic E-state index is 13.0. The molecular formula is C21H29N3O3. The molecular weight excluding hydrogens is 342 g/mol. The normalized spacial score (nSPS) is 25.6. The Morgan fingerprint density at radius 1 is 1.26 bits per heavy atom. The molecule has 2 fully saturated rings. The summed E-state index contributed by atoms with van der Waals surface area (Å²) in [7, 11) is 0. The number of hydrogen-bond donors (Lipinski definition) is 2. The lowest BCUT2D eigenvalue weighted by Crippen LogP contribution is -2.50. The molecule has 27 heavy (non-hydrogen) atoms. The molecule has 1 heterocycles. The fourth-order valence-corrected chi connectivity index (χ4v) is 4.20. The van der Waals surface area contributed by atoms with Crippen LogP contribution < -0.4 is 10.6 Å². The Bertz CT molecular complexity index is 758. The first kappa shape index (κ1) is 19.4. The van der Waals surface area contributed by atoms with Gasteiger partial charge in [-0.2, -0.15) is 0 Å². The quantitative estimate of drug-likeness (QED) is 0.799. The molecule has 0 radical (unpaired) electrons. The van der Waals surface area contributed by atoms with Crippen molar-refractivity contribution in [1.82, 2.24) is 10.2 Å². The van der Waals surface area contributed by atoms with Gasteiger partial charge in [0.15, 0.2) is 0 Å². The minimum Gasteiger partial charge on any atom is -0.325 e. The molecule has 1 aliphatic heterocycles. The number of anilines is 1. The van der Waals surface area contributed by atoms with Crippen LogP contribution in [0.3, 0.4) is 0 Å². The van der Waals surface area contributed by atoms with Crippen molar-refractivity contribution < 1.29 is 14.4 Å². The summed E-state index contributed by atoms with van der Waals surface area (Å²) in [5.41, 5.74) is 1.05. The number of amides is 4. The maximum Gasteiger partial charge on any atom is 0.325 e. The third-order valence-corrected chi connectivity index (χ3v) is 5.91. The number of carbonyl (C=O) groups excluding carboxylic acids is 3. The van der Waals surface area contributed by atoms with Crippen LogP contribution in [-0.4, -0.2) is 34.8 Å². The minimum atomic E-state index is -0.831. The fraction of sp³-hybridized carbons (Fsp3) is 0.571. The third-order valence-electron chi connectivity index (χ3n) is 5.91. The number of carbonyl (C=O) groups is 3. The van der Waals surface area contributed by atoms with Crippen molar-refractivity contribution in [1.29, 1.82) is 0 Å². The molecule has 6 nitrogen and oxygen atoms in total. The van der Waals surface area contributed by atoms with E-state index in [0.717, 1.165) is 23.3 Å². The van der Waals surface area contributed by atoms with Crippen molar-refractivity contribution in [3.63, 3.8) is 0 Å². The highest BCUT2D eigenvalue weighted by Crippen LogP contribution is 2.43. The molecule has 2 aliphatic rings. The van der Waals surface area contributed by atoms with Crippen LogP contribution >= 0.6 is 0 Å². The molecule has 1 aromatic rings. The number of benzene rings is 1. The van der Waals surface area contributed by atoms with Crippen LogP contribution in [-0.2, 0) is 9.59 Å². The van der Waals surface area contributed by atoms with Crippen molar-refractivity contribution in [3.05, 3.63) is 29.8 Å². The van der Waals surface area contributed by atoms with Gasteiger partial charge < -0.3 is 10.6 Å². The topological polar surface area (TPSA) is 78.5 Å². The molecule has 1 aliphatic carbocycles. The van der Waals surface area contributed by atoms with Crippen LogP contribution in [0.1, 0.15) is 52.0 Å². The highest BCUT2D eigenvalue weighted by molar-refractivity contribution is 6.10. The number of nitrogens with one attached hydrogen (secondary N) is 2. The highest BCUT2D eigenvalue weighted by atomic mass is 16.2. The van der Waals surface area contributed by atoms with Crippen LogP contribution in [0.5, 0.6) is 0 Å². The van der Waals surface area contributed by atoms with E-state index in [1.54, 1.807) is 6.07 Å². The zero-order chi connectivity index (χ0) is 19.8. The molecule has 6 heteroatoms. The number of nitrogens with zero attached hydrogens (tertiary/aromatic N) is 1. The Labute approximate surface area is 160 Å². The van der Waals surface area contributed by atoms with E-state index < -0.39 is 11.6 Å². The van der Waals surface area contributed by atoms with Crippen molar-refractivity contribution in [2.45, 2.75) is 58.9 Å². The molecule has 0 unspecified atom stereocenters. The van der Waals surface area contributed by atoms with E-state index >= 15 is 0 Å². The lowest BCUT2D eigenvalue weighted by atomic mass is 9.67. The second-order valence-corrected chi connectivity index (χ2v) is 8.96. The Morgan fingerprint density at radius 3 is 2.52 bits per heavy atom. The van der Waals surface area contributed by atoms with Gasteiger partial charge in [-0.25, -0.2) is 4.79 Å². The molecule has 0 aromatic heterocycles. The van der Waals surface area contributed by atoms with E-state index in [0.29, 0.717) is 24.4 Å². The van der Waals surface area contributed by atoms with E-state index in [9.17, 15) is 14.4 Å². The molecule has 4 amide bonds. The fourth-order valence-electron chi connectivity index (χ4n) is 4.20. The molecule has 3 rings (SSSR count). The monoisotopic (exact) mass is 371 g/mol. The first-order chi connectivity index (χ1) is 12.6. The number of aryl methyl sites for hydroxylation is 1. The zero-order valence-corrected chi connectivity index (χ0v) is 16.6. The molecule has 0 atom stereocenters. The van der Waals surface area contributed by atoms with Gasteiger partial charge in [-0.1, -0.05) is 32.9 Å². The summed E-state index contributed by atoms with van der Waals surface area (Å²) in [6, 6.07) is 6.95. The van der Waals surface area contributed by atoms with Gasteiger partial charge in [0.1, 0.15) is 12.1 Å². The van der Waals surface area contributed by atoms with E-state index in [1.165, 1.54) is 0 Å². The predicted octanol–water partition coefficient (Wildman–Crippen LogP) is 3.46. The van der Waals surface area contributed by atoms with Gasteiger partial charge in [-0.3, -0.25) is 14.5 Å². The van der Waals surface area contributed by atoms with Gasteiger partial charge in [0.2, 0.25) is 5.91 Å². The number of imide groups is 1. The molecule has 1 spiro atoms. The number of urea groups is 1. The molecule has 1 saturated heterocycles. The largest absolute Gasteiger partial charge is 0.325 e. The van der Waals surface area contributed by atoms with Crippen molar-refractivity contribution >= 4 is 23.5 Å².